The van der Waals surface area contributed by atoms with Crippen molar-refractivity contribution >= 4 is 22.1 Å². The van der Waals surface area contributed by atoms with Crippen molar-refractivity contribution < 1.29 is 23.1 Å². The molecular weight excluding hydrogens is 262 g/mol. The number of amides is 1. The number of carbonyl (C=O) groups excluding carboxylic acids is 1. The third kappa shape index (κ3) is 7.98. The van der Waals surface area contributed by atoms with Gasteiger partial charge in [-0.3, -0.25) is 9.59 Å². The van der Waals surface area contributed by atoms with Gasteiger partial charge in [0.2, 0.25) is 5.91 Å². The average molecular weight is 281 g/mol. The summed E-state index contributed by atoms with van der Waals surface area (Å²) in [4.78, 5) is 21.4. The molecule has 1 amide bonds. The largest absolute Gasteiger partial charge is 0.480 e. The maximum Gasteiger partial charge on any atom is 0.321 e. The third-order valence-electron chi connectivity index (χ3n) is 1.72. The van der Waals surface area contributed by atoms with E-state index in [0.29, 0.717) is 0 Å². The first-order valence-electron chi connectivity index (χ1n) is 5.25. The molecule has 8 nitrogen and oxygen atoms in total. The summed E-state index contributed by atoms with van der Waals surface area (Å²) >= 11 is 0. The van der Waals surface area contributed by atoms with Gasteiger partial charge in [-0.25, -0.2) is 0 Å². The first-order chi connectivity index (χ1) is 7.93. The Morgan fingerprint density at radius 2 is 1.83 bits per heavy atom. The number of aliphatic carboxylic acids is 1. The standard InChI is InChI=1S/C9H19N3O5S/c1-9(2,3)12-18(16,17)11-6(8(14)15)4-5-7(10)13/h6,11-12H,4-5H2,1-3H3,(H2,10,13)(H,14,15)/t6-/m1/s1. The minimum atomic E-state index is -3.96. The van der Waals surface area contributed by atoms with Gasteiger partial charge in [-0.1, -0.05) is 0 Å². The van der Waals surface area contributed by atoms with Gasteiger partial charge in [0.25, 0.3) is 10.2 Å². The molecule has 0 aromatic carbocycles. The molecule has 0 radical (unpaired) electrons. The Morgan fingerprint density at radius 1 is 1.33 bits per heavy atom. The van der Waals surface area contributed by atoms with E-state index < -0.39 is 33.7 Å². The summed E-state index contributed by atoms with van der Waals surface area (Å²) in [6, 6.07) is -1.39. The van der Waals surface area contributed by atoms with Crippen molar-refractivity contribution in [2.24, 2.45) is 5.73 Å². The highest BCUT2D eigenvalue weighted by Gasteiger charge is 2.27. The maximum atomic E-state index is 11.6. The van der Waals surface area contributed by atoms with E-state index in [1.807, 2.05) is 4.72 Å². The summed E-state index contributed by atoms with van der Waals surface area (Å²) in [5, 5.41) is 8.84. The van der Waals surface area contributed by atoms with Crippen molar-refractivity contribution in [3.63, 3.8) is 0 Å². The van der Waals surface area contributed by atoms with Gasteiger partial charge in [0.15, 0.2) is 0 Å². The van der Waals surface area contributed by atoms with Crippen LogP contribution in [-0.4, -0.2) is 37.0 Å². The highest BCUT2D eigenvalue weighted by molar-refractivity contribution is 7.87. The van der Waals surface area contributed by atoms with Crippen LogP contribution < -0.4 is 15.2 Å². The van der Waals surface area contributed by atoms with Crippen molar-refractivity contribution in [2.45, 2.75) is 45.2 Å². The normalized spacial score (nSPS) is 14.2. The number of carboxylic acids is 1. The van der Waals surface area contributed by atoms with Crippen LogP contribution in [0.5, 0.6) is 0 Å². The van der Waals surface area contributed by atoms with Crippen LogP contribution in [0.3, 0.4) is 0 Å². The number of carboxylic acid groups (broad SMARTS) is 1. The summed E-state index contributed by atoms with van der Waals surface area (Å²) in [5.74, 6) is -2.06. The van der Waals surface area contributed by atoms with Crippen molar-refractivity contribution in [2.75, 3.05) is 0 Å². The smallest absolute Gasteiger partial charge is 0.321 e. The van der Waals surface area contributed by atoms with E-state index in [1.54, 1.807) is 20.8 Å². The molecule has 0 aliphatic rings. The Labute approximate surface area is 106 Å². The SMILES string of the molecule is CC(C)(C)NS(=O)(=O)N[C@H](CCC(N)=O)C(=O)O. The lowest BCUT2D eigenvalue weighted by atomic mass is 10.1. The molecule has 106 valence electrons. The summed E-state index contributed by atoms with van der Waals surface area (Å²) in [5.41, 5.74) is 4.14. The van der Waals surface area contributed by atoms with Gasteiger partial charge in [0.05, 0.1) is 0 Å². The second-order valence-corrected chi connectivity index (χ2v) is 6.32. The molecule has 0 bridgehead atoms. The average Bonchev–Trinajstić information content (AvgIpc) is 2.07. The van der Waals surface area contributed by atoms with Crippen LogP contribution in [0, 0.1) is 0 Å². The topological polar surface area (TPSA) is 139 Å². The summed E-state index contributed by atoms with van der Waals surface area (Å²) in [6.45, 7) is 4.85. The molecule has 0 heterocycles. The Balaban J connectivity index is 4.68. The van der Waals surface area contributed by atoms with E-state index in [9.17, 15) is 18.0 Å². The molecule has 18 heavy (non-hydrogen) atoms. The molecule has 1 atom stereocenters. The van der Waals surface area contributed by atoms with E-state index in [1.165, 1.54) is 0 Å². The molecule has 0 spiro atoms. The van der Waals surface area contributed by atoms with Gasteiger partial charge in [-0.15, -0.1) is 0 Å². The highest BCUT2D eigenvalue weighted by atomic mass is 32.2. The quantitative estimate of drug-likeness (QED) is 0.470. The van der Waals surface area contributed by atoms with Gasteiger partial charge < -0.3 is 10.8 Å². The lowest BCUT2D eigenvalue weighted by Crippen LogP contribution is -2.52. The lowest BCUT2D eigenvalue weighted by molar-refractivity contribution is -0.139. The van der Waals surface area contributed by atoms with E-state index in [-0.39, 0.29) is 12.8 Å². The third-order valence-corrected chi connectivity index (χ3v) is 3.19. The van der Waals surface area contributed by atoms with Crippen LogP contribution in [0.1, 0.15) is 33.6 Å². The van der Waals surface area contributed by atoms with Gasteiger partial charge in [-0.05, 0) is 27.2 Å². The molecule has 0 aromatic rings. The van der Waals surface area contributed by atoms with Crippen LogP contribution in [0.15, 0.2) is 0 Å². The van der Waals surface area contributed by atoms with Crippen LogP contribution in [0.25, 0.3) is 0 Å². The van der Waals surface area contributed by atoms with E-state index in [0.717, 1.165) is 0 Å². The predicted octanol–water partition coefficient (Wildman–Crippen LogP) is -1.07. The molecule has 0 aromatic heterocycles. The van der Waals surface area contributed by atoms with Crippen LogP contribution in [0.2, 0.25) is 0 Å². The van der Waals surface area contributed by atoms with E-state index >= 15 is 0 Å². The number of carbonyl (C=O) groups is 2. The fraction of sp³-hybridized carbons (Fsp3) is 0.778. The fourth-order valence-electron chi connectivity index (χ4n) is 1.14. The summed E-state index contributed by atoms with van der Waals surface area (Å²) in [7, 11) is -3.96. The van der Waals surface area contributed by atoms with Gasteiger partial charge >= 0.3 is 5.97 Å². The molecule has 0 saturated heterocycles. The van der Waals surface area contributed by atoms with Gasteiger partial charge in [-0.2, -0.15) is 17.9 Å². The van der Waals surface area contributed by atoms with Crippen LogP contribution in [-0.2, 0) is 19.8 Å². The van der Waals surface area contributed by atoms with Crippen LogP contribution in [0.4, 0.5) is 0 Å². The number of hydrogen-bond donors (Lipinski definition) is 4. The lowest BCUT2D eigenvalue weighted by Gasteiger charge is -2.22. The zero-order chi connectivity index (χ0) is 14.6. The zero-order valence-corrected chi connectivity index (χ0v) is 11.4. The van der Waals surface area contributed by atoms with Gasteiger partial charge in [0.1, 0.15) is 6.04 Å². The van der Waals surface area contributed by atoms with Crippen molar-refractivity contribution in [1.29, 1.82) is 0 Å². The number of nitrogens with two attached hydrogens (primary N) is 1. The molecule has 0 saturated carbocycles. The highest BCUT2D eigenvalue weighted by Crippen LogP contribution is 2.04. The number of hydrogen-bond acceptors (Lipinski definition) is 4. The monoisotopic (exact) mass is 281 g/mol. The minimum Gasteiger partial charge on any atom is -0.480 e. The van der Waals surface area contributed by atoms with Crippen molar-refractivity contribution in [3.8, 4) is 0 Å². The van der Waals surface area contributed by atoms with E-state index in [4.69, 9.17) is 10.8 Å². The second-order valence-electron chi connectivity index (χ2n) is 4.87. The Hall–Kier alpha value is -1.19. The van der Waals surface area contributed by atoms with Crippen LogP contribution >= 0.6 is 0 Å². The van der Waals surface area contributed by atoms with Crippen molar-refractivity contribution in [1.82, 2.24) is 9.44 Å². The summed E-state index contributed by atoms with van der Waals surface area (Å²) in [6.07, 6.45) is -0.412. The van der Waals surface area contributed by atoms with Crippen molar-refractivity contribution in [3.05, 3.63) is 0 Å². The Bertz CT molecular complexity index is 412. The Kier molecular flexibility index (Phi) is 5.71. The predicted molar refractivity (Wildman–Crippen MR) is 64.8 cm³/mol. The zero-order valence-electron chi connectivity index (χ0n) is 10.6. The number of rotatable bonds is 7. The molecular formula is C9H19N3O5S. The molecule has 0 fully saturated rings. The first-order valence-corrected chi connectivity index (χ1v) is 6.73. The Morgan fingerprint density at radius 3 is 2.17 bits per heavy atom. The fourth-order valence-corrected chi connectivity index (χ4v) is 2.60. The molecule has 9 heteroatoms. The number of nitrogens with one attached hydrogen (secondary N) is 2. The first kappa shape index (κ1) is 16.8. The summed E-state index contributed by atoms with van der Waals surface area (Å²) < 4.78 is 27.4. The molecule has 0 aliphatic carbocycles. The maximum absolute atomic E-state index is 11.6. The minimum absolute atomic E-state index is 0.199. The number of primary amides is 1. The molecule has 0 aliphatic heterocycles. The van der Waals surface area contributed by atoms with E-state index in [2.05, 4.69) is 4.72 Å². The van der Waals surface area contributed by atoms with Gasteiger partial charge in [0, 0.05) is 12.0 Å². The second kappa shape index (κ2) is 6.12. The molecule has 0 unspecified atom stereocenters. The molecule has 5 N–H and O–H groups in total. The molecule has 0 rings (SSSR count).